The average Bonchev–Trinajstić information content (AvgIpc) is 2.79. The minimum atomic E-state index is -0.781. The Balaban J connectivity index is 2.68. The van der Waals surface area contributed by atoms with Gasteiger partial charge in [0.25, 0.3) is 0 Å². The number of nitrogens with two attached hydrogens (primary N) is 1. The van der Waals surface area contributed by atoms with Gasteiger partial charge in [-0.3, -0.25) is 4.79 Å². The highest BCUT2D eigenvalue weighted by Crippen LogP contribution is 2.30. The number of ether oxygens (including phenoxy) is 2. The van der Waals surface area contributed by atoms with Crippen LogP contribution in [0.1, 0.15) is 72.3 Å². The summed E-state index contributed by atoms with van der Waals surface area (Å²) < 4.78 is 11.9. The van der Waals surface area contributed by atoms with Gasteiger partial charge in [-0.25, -0.2) is 0 Å². The lowest BCUT2D eigenvalue weighted by molar-refractivity contribution is -0.130. The predicted octanol–water partition coefficient (Wildman–Crippen LogP) is 5.09. The SMILES string of the molecule is CCCCC(C)(C)C(=O)NCC(O)C(N)CC(Cc1ccc(Br)c(OCCCOC)c1)C(C)C. The molecule has 0 aliphatic carbocycles. The van der Waals surface area contributed by atoms with Gasteiger partial charge in [-0.05, 0) is 64.7 Å². The molecular formula is C27H47BrN2O4. The van der Waals surface area contributed by atoms with Crippen molar-refractivity contribution in [3.8, 4) is 5.75 Å². The van der Waals surface area contributed by atoms with E-state index in [9.17, 15) is 9.90 Å². The molecule has 7 heteroatoms. The lowest BCUT2D eigenvalue weighted by Crippen LogP contribution is -2.47. The lowest BCUT2D eigenvalue weighted by Gasteiger charge is -2.29. The second kappa shape index (κ2) is 15.8. The molecule has 0 aliphatic rings. The van der Waals surface area contributed by atoms with E-state index in [1.165, 1.54) is 5.56 Å². The molecule has 196 valence electrons. The molecule has 0 aromatic heterocycles. The zero-order valence-electron chi connectivity index (χ0n) is 22.0. The second-order valence-corrected chi connectivity index (χ2v) is 11.2. The van der Waals surface area contributed by atoms with Crippen molar-refractivity contribution in [3.63, 3.8) is 0 Å². The van der Waals surface area contributed by atoms with E-state index in [0.717, 1.165) is 42.3 Å². The van der Waals surface area contributed by atoms with E-state index in [0.29, 0.717) is 31.5 Å². The summed E-state index contributed by atoms with van der Waals surface area (Å²) >= 11 is 3.57. The van der Waals surface area contributed by atoms with E-state index in [-0.39, 0.29) is 12.5 Å². The Morgan fingerprint density at radius 2 is 1.94 bits per heavy atom. The van der Waals surface area contributed by atoms with Crippen LogP contribution in [0.5, 0.6) is 5.75 Å². The highest BCUT2D eigenvalue weighted by molar-refractivity contribution is 9.10. The second-order valence-electron chi connectivity index (χ2n) is 10.3. The maximum atomic E-state index is 12.6. The Labute approximate surface area is 215 Å². The Bertz CT molecular complexity index is 727. The topological polar surface area (TPSA) is 93.8 Å². The molecule has 0 saturated carbocycles. The summed E-state index contributed by atoms with van der Waals surface area (Å²) in [6.45, 7) is 11.8. The van der Waals surface area contributed by atoms with Gasteiger partial charge in [0.1, 0.15) is 5.75 Å². The van der Waals surface area contributed by atoms with Crippen molar-refractivity contribution in [2.24, 2.45) is 23.0 Å². The fourth-order valence-corrected chi connectivity index (χ4v) is 4.25. The van der Waals surface area contributed by atoms with Crippen molar-refractivity contribution in [2.75, 3.05) is 26.9 Å². The number of carbonyl (C=O) groups excluding carboxylic acids is 1. The summed E-state index contributed by atoms with van der Waals surface area (Å²) in [5.41, 5.74) is 7.13. The molecule has 1 rings (SSSR count). The van der Waals surface area contributed by atoms with Crippen molar-refractivity contribution in [1.29, 1.82) is 0 Å². The van der Waals surface area contributed by atoms with Crippen LogP contribution < -0.4 is 15.8 Å². The highest BCUT2D eigenvalue weighted by atomic mass is 79.9. The highest BCUT2D eigenvalue weighted by Gasteiger charge is 2.28. The lowest BCUT2D eigenvalue weighted by atomic mass is 9.83. The number of halogens is 1. The Morgan fingerprint density at radius 1 is 1.24 bits per heavy atom. The summed E-state index contributed by atoms with van der Waals surface area (Å²) in [5.74, 6) is 1.49. The fourth-order valence-electron chi connectivity index (χ4n) is 3.89. The normalized spacial score (nSPS) is 14.6. The van der Waals surface area contributed by atoms with Crippen LogP contribution in [-0.2, 0) is 16.0 Å². The van der Waals surface area contributed by atoms with Crippen molar-refractivity contribution in [3.05, 3.63) is 28.2 Å². The summed E-state index contributed by atoms with van der Waals surface area (Å²) in [7, 11) is 1.69. The first-order valence-electron chi connectivity index (χ1n) is 12.6. The summed E-state index contributed by atoms with van der Waals surface area (Å²) in [6.07, 6.45) is 4.47. The molecule has 1 amide bonds. The molecule has 0 saturated heterocycles. The molecule has 4 N–H and O–H groups in total. The number of aliphatic hydroxyl groups excluding tert-OH is 1. The van der Waals surface area contributed by atoms with Crippen LogP contribution in [-0.4, -0.2) is 50.0 Å². The first-order valence-corrected chi connectivity index (χ1v) is 13.4. The molecule has 0 heterocycles. The van der Waals surface area contributed by atoms with Gasteiger partial charge in [0.15, 0.2) is 0 Å². The van der Waals surface area contributed by atoms with Gasteiger partial charge in [-0.1, -0.05) is 53.5 Å². The molecule has 3 unspecified atom stereocenters. The summed E-state index contributed by atoms with van der Waals surface area (Å²) in [5, 5.41) is 13.6. The van der Waals surface area contributed by atoms with Crippen molar-refractivity contribution in [1.82, 2.24) is 5.32 Å². The van der Waals surface area contributed by atoms with Crippen LogP contribution in [0.2, 0.25) is 0 Å². The molecule has 0 radical (unpaired) electrons. The number of methoxy groups -OCH3 is 1. The van der Waals surface area contributed by atoms with Crippen LogP contribution in [0.4, 0.5) is 0 Å². The quantitative estimate of drug-likeness (QED) is 0.238. The molecule has 6 nitrogen and oxygen atoms in total. The molecule has 3 atom stereocenters. The third-order valence-electron chi connectivity index (χ3n) is 6.50. The average molecular weight is 544 g/mol. The van der Waals surface area contributed by atoms with E-state index < -0.39 is 17.6 Å². The van der Waals surface area contributed by atoms with E-state index in [4.69, 9.17) is 15.2 Å². The number of hydrogen-bond acceptors (Lipinski definition) is 5. The van der Waals surface area contributed by atoms with Crippen LogP contribution >= 0.6 is 15.9 Å². The number of nitrogens with one attached hydrogen (secondary N) is 1. The number of hydrogen-bond donors (Lipinski definition) is 3. The molecule has 0 spiro atoms. The predicted molar refractivity (Wildman–Crippen MR) is 143 cm³/mol. The van der Waals surface area contributed by atoms with Gasteiger partial charge in [0, 0.05) is 38.1 Å². The number of benzene rings is 1. The zero-order chi connectivity index (χ0) is 25.7. The summed E-state index contributed by atoms with van der Waals surface area (Å²) in [6, 6.07) is 5.78. The largest absolute Gasteiger partial charge is 0.492 e. The van der Waals surface area contributed by atoms with Gasteiger partial charge < -0.3 is 25.6 Å². The van der Waals surface area contributed by atoms with E-state index in [2.05, 4.69) is 54.2 Å². The number of amides is 1. The number of aliphatic hydroxyl groups is 1. The van der Waals surface area contributed by atoms with Crippen molar-refractivity contribution < 1.29 is 19.4 Å². The Hall–Kier alpha value is -1.15. The molecule has 1 aromatic rings. The number of rotatable bonds is 17. The third-order valence-corrected chi connectivity index (χ3v) is 7.15. The Kier molecular flexibility index (Phi) is 14.3. The van der Waals surface area contributed by atoms with Gasteiger partial charge in [-0.2, -0.15) is 0 Å². The van der Waals surface area contributed by atoms with Crippen LogP contribution in [0, 0.1) is 17.3 Å². The van der Waals surface area contributed by atoms with Gasteiger partial charge in [0.2, 0.25) is 5.91 Å². The monoisotopic (exact) mass is 542 g/mol. The van der Waals surface area contributed by atoms with Crippen LogP contribution in [0.25, 0.3) is 0 Å². The van der Waals surface area contributed by atoms with Crippen LogP contribution in [0.3, 0.4) is 0 Å². The smallest absolute Gasteiger partial charge is 0.225 e. The van der Waals surface area contributed by atoms with Gasteiger partial charge >= 0.3 is 0 Å². The molecule has 1 aromatic carbocycles. The molecule has 0 fully saturated rings. The zero-order valence-corrected chi connectivity index (χ0v) is 23.6. The van der Waals surface area contributed by atoms with Crippen molar-refractivity contribution in [2.45, 2.75) is 85.3 Å². The third kappa shape index (κ3) is 11.1. The first kappa shape index (κ1) is 30.9. The Morgan fingerprint density at radius 3 is 2.56 bits per heavy atom. The van der Waals surface area contributed by atoms with E-state index in [1.807, 2.05) is 19.9 Å². The molecule has 0 aliphatic heterocycles. The maximum Gasteiger partial charge on any atom is 0.225 e. The van der Waals surface area contributed by atoms with Gasteiger partial charge in [-0.15, -0.1) is 0 Å². The minimum absolute atomic E-state index is 0.0273. The fraction of sp³-hybridized carbons (Fsp3) is 0.741. The molecule has 34 heavy (non-hydrogen) atoms. The van der Waals surface area contributed by atoms with E-state index in [1.54, 1.807) is 7.11 Å². The maximum absolute atomic E-state index is 12.6. The minimum Gasteiger partial charge on any atom is -0.492 e. The first-order chi connectivity index (χ1) is 16.0. The number of unbranched alkanes of at least 4 members (excludes halogenated alkanes) is 1. The van der Waals surface area contributed by atoms with Gasteiger partial charge in [0.05, 0.1) is 17.2 Å². The van der Waals surface area contributed by atoms with E-state index >= 15 is 0 Å². The van der Waals surface area contributed by atoms with Crippen molar-refractivity contribution >= 4 is 21.8 Å². The standard InChI is InChI=1S/C27H47BrN2O4/c1-7-8-12-27(4,5)26(32)30-18-24(31)23(29)17-21(19(2)3)15-20-10-11-22(28)25(16-20)34-14-9-13-33-6/h10-11,16,19,21,23-24,31H,7-9,12-15,17-18,29H2,1-6H3,(H,30,32). The number of carbonyl (C=O) groups is 1. The molecular weight excluding hydrogens is 496 g/mol. The summed E-state index contributed by atoms with van der Waals surface area (Å²) in [4.78, 5) is 12.6. The van der Waals surface area contributed by atoms with Crippen LogP contribution in [0.15, 0.2) is 22.7 Å². The molecule has 0 bridgehead atoms.